The van der Waals surface area contributed by atoms with Gasteiger partial charge < -0.3 is 16.0 Å². The number of rotatable bonds is 4. The highest BCUT2D eigenvalue weighted by molar-refractivity contribution is 6.04. The second-order valence-corrected chi connectivity index (χ2v) is 5.70. The third-order valence-electron chi connectivity index (χ3n) is 3.81. The number of nitriles is 1. The van der Waals surface area contributed by atoms with Crippen LogP contribution in [0.25, 0.3) is 10.9 Å². The maximum Gasteiger partial charge on any atom is 0.268 e. The molecule has 3 rings (SSSR count). The molecule has 0 aliphatic rings. The minimum Gasteiger partial charge on any atom is -0.378 e. The molecule has 0 saturated heterocycles. The molecule has 6 heteroatoms. The number of pyridine rings is 1. The molecule has 0 spiro atoms. The largest absolute Gasteiger partial charge is 0.378 e. The van der Waals surface area contributed by atoms with Gasteiger partial charge in [0.05, 0.1) is 11.2 Å². The predicted octanol–water partition coefficient (Wildman–Crippen LogP) is 2.82. The number of aromatic nitrogens is 1. The molecule has 6 nitrogen and oxygen atoms in total. The van der Waals surface area contributed by atoms with Crippen LogP contribution in [-0.4, -0.2) is 25.0 Å². The fourth-order valence-electron chi connectivity index (χ4n) is 2.57. The van der Waals surface area contributed by atoms with Gasteiger partial charge in [-0.05, 0) is 36.4 Å². The number of amides is 1. The summed E-state index contributed by atoms with van der Waals surface area (Å²) in [7, 11) is 3.89. The number of fused-ring (bicyclic) bond motifs is 1. The van der Waals surface area contributed by atoms with Crippen LogP contribution in [0.2, 0.25) is 0 Å². The standard InChI is InChI=1S/C19H16N5O/c1-24(2)13-7-5-6-12(10-13)22-17-14-8-3-4-9-16(14)23-18(19(21)25)15(17)11-20/h4-10H,1-2H3,(H2,21,25)(H,22,23). The number of nitrogens with one attached hydrogen (secondary N) is 1. The lowest BCUT2D eigenvalue weighted by atomic mass is 10.1. The first-order valence-electron chi connectivity index (χ1n) is 7.59. The summed E-state index contributed by atoms with van der Waals surface area (Å²) in [6.45, 7) is 0. The van der Waals surface area contributed by atoms with Gasteiger partial charge in [0.25, 0.3) is 5.91 Å². The molecule has 1 heterocycles. The minimum atomic E-state index is -0.739. The van der Waals surface area contributed by atoms with Crippen LogP contribution < -0.4 is 16.0 Å². The van der Waals surface area contributed by atoms with Crippen molar-refractivity contribution in [3.63, 3.8) is 0 Å². The lowest BCUT2D eigenvalue weighted by Crippen LogP contribution is -2.16. The van der Waals surface area contributed by atoms with Crippen LogP contribution in [0.3, 0.4) is 0 Å². The van der Waals surface area contributed by atoms with Crippen molar-refractivity contribution in [2.24, 2.45) is 5.73 Å². The fourth-order valence-corrected chi connectivity index (χ4v) is 2.57. The van der Waals surface area contributed by atoms with E-state index in [1.54, 1.807) is 18.2 Å². The molecule has 1 radical (unpaired) electrons. The van der Waals surface area contributed by atoms with Gasteiger partial charge in [-0.1, -0.05) is 12.1 Å². The van der Waals surface area contributed by atoms with Crippen molar-refractivity contribution >= 4 is 33.9 Å². The van der Waals surface area contributed by atoms with Crippen molar-refractivity contribution in [1.29, 1.82) is 5.26 Å². The molecule has 0 saturated carbocycles. The summed E-state index contributed by atoms with van der Waals surface area (Å²) in [5.74, 6) is -0.739. The van der Waals surface area contributed by atoms with E-state index >= 15 is 0 Å². The molecule has 3 aromatic rings. The summed E-state index contributed by atoms with van der Waals surface area (Å²) < 4.78 is 0. The SMILES string of the molecule is CN(C)c1cccc(Nc2c(C#N)c(C(N)=O)nc3cc[c]cc23)c1. The lowest BCUT2D eigenvalue weighted by Gasteiger charge is -2.16. The van der Waals surface area contributed by atoms with Gasteiger partial charge >= 0.3 is 0 Å². The molecule has 1 aromatic heterocycles. The van der Waals surface area contributed by atoms with E-state index in [0.29, 0.717) is 16.6 Å². The second-order valence-electron chi connectivity index (χ2n) is 5.70. The van der Waals surface area contributed by atoms with Crippen molar-refractivity contribution in [3.05, 3.63) is 59.8 Å². The van der Waals surface area contributed by atoms with Gasteiger partial charge in [0.15, 0.2) is 0 Å². The van der Waals surface area contributed by atoms with E-state index in [0.717, 1.165) is 11.4 Å². The first-order valence-corrected chi connectivity index (χ1v) is 7.59. The van der Waals surface area contributed by atoms with E-state index in [1.807, 2.05) is 49.3 Å². The van der Waals surface area contributed by atoms with Crippen LogP contribution in [0.5, 0.6) is 0 Å². The number of carbonyl (C=O) groups is 1. The number of nitrogens with zero attached hydrogens (tertiary/aromatic N) is 3. The zero-order valence-electron chi connectivity index (χ0n) is 13.9. The first-order chi connectivity index (χ1) is 12.0. The van der Waals surface area contributed by atoms with Gasteiger partial charge in [-0.25, -0.2) is 4.98 Å². The molecule has 0 atom stereocenters. The van der Waals surface area contributed by atoms with Crippen LogP contribution in [0.1, 0.15) is 16.1 Å². The van der Waals surface area contributed by atoms with Gasteiger partial charge in [-0.2, -0.15) is 5.26 Å². The second kappa shape index (κ2) is 6.49. The maximum absolute atomic E-state index is 11.7. The van der Waals surface area contributed by atoms with E-state index < -0.39 is 5.91 Å². The average molecular weight is 330 g/mol. The first kappa shape index (κ1) is 16.3. The van der Waals surface area contributed by atoms with Gasteiger partial charge in [-0.3, -0.25) is 4.79 Å². The minimum absolute atomic E-state index is 0.0486. The lowest BCUT2D eigenvalue weighted by molar-refractivity contribution is 0.0995. The van der Waals surface area contributed by atoms with Crippen molar-refractivity contribution in [2.75, 3.05) is 24.3 Å². The summed E-state index contributed by atoms with van der Waals surface area (Å²) in [4.78, 5) is 17.9. The van der Waals surface area contributed by atoms with Gasteiger partial charge in [0.1, 0.15) is 17.3 Å². The predicted molar refractivity (Wildman–Crippen MR) is 97.9 cm³/mol. The highest BCUT2D eigenvalue weighted by Gasteiger charge is 2.18. The molecule has 3 N–H and O–H groups in total. The Bertz CT molecular complexity index is 1000. The Morgan fingerprint density at radius 1 is 1.36 bits per heavy atom. The third-order valence-corrected chi connectivity index (χ3v) is 3.81. The van der Waals surface area contributed by atoms with Gasteiger partial charge in [-0.15, -0.1) is 0 Å². The summed E-state index contributed by atoms with van der Waals surface area (Å²) in [5, 5.41) is 13.5. The summed E-state index contributed by atoms with van der Waals surface area (Å²) in [5.41, 5.74) is 8.34. The number of nitrogens with two attached hydrogens (primary N) is 1. The summed E-state index contributed by atoms with van der Waals surface area (Å²) >= 11 is 0. The topological polar surface area (TPSA) is 95.0 Å². The van der Waals surface area contributed by atoms with E-state index in [9.17, 15) is 10.1 Å². The molecule has 0 fully saturated rings. The Labute approximate surface area is 145 Å². The van der Waals surface area contributed by atoms with Gasteiger partial charge in [0.2, 0.25) is 0 Å². The zero-order chi connectivity index (χ0) is 18.0. The molecule has 0 unspecified atom stereocenters. The van der Waals surface area contributed by atoms with E-state index in [-0.39, 0.29) is 11.3 Å². The molecule has 0 bridgehead atoms. The molecule has 123 valence electrons. The fraction of sp³-hybridized carbons (Fsp3) is 0.105. The average Bonchev–Trinajstić information content (AvgIpc) is 2.61. The highest BCUT2D eigenvalue weighted by Crippen LogP contribution is 2.31. The van der Waals surface area contributed by atoms with Crippen LogP contribution >= 0.6 is 0 Å². The summed E-state index contributed by atoms with van der Waals surface area (Å²) in [6, 6.07) is 17.9. The third kappa shape index (κ3) is 3.08. The molecular weight excluding hydrogens is 314 g/mol. The number of benzene rings is 2. The number of primary amides is 1. The highest BCUT2D eigenvalue weighted by atomic mass is 16.1. The Hall–Kier alpha value is -3.59. The van der Waals surface area contributed by atoms with Crippen molar-refractivity contribution < 1.29 is 4.79 Å². The molecule has 0 aliphatic carbocycles. The zero-order valence-corrected chi connectivity index (χ0v) is 13.9. The van der Waals surface area contributed by atoms with Crippen molar-refractivity contribution in [2.45, 2.75) is 0 Å². The Morgan fingerprint density at radius 3 is 2.84 bits per heavy atom. The number of hydrogen-bond donors (Lipinski definition) is 2. The number of hydrogen-bond acceptors (Lipinski definition) is 5. The number of anilines is 3. The molecule has 1 amide bonds. The number of carbonyl (C=O) groups excluding carboxylic acids is 1. The molecule has 0 aliphatic heterocycles. The van der Waals surface area contributed by atoms with E-state index in [1.165, 1.54) is 0 Å². The van der Waals surface area contributed by atoms with Gasteiger partial charge in [0, 0.05) is 30.9 Å². The Balaban J connectivity index is 2.22. The summed E-state index contributed by atoms with van der Waals surface area (Å²) in [6.07, 6.45) is 0. The normalized spacial score (nSPS) is 10.3. The quantitative estimate of drug-likeness (QED) is 0.767. The smallest absolute Gasteiger partial charge is 0.268 e. The van der Waals surface area contributed by atoms with Crippen molar-refractivity contribution in [3.8, 4) is 6.07 Å². The molecule has 2 aromatic carbocycles. The van der Waals surface area contributed by atoms with Crippen LogP contribution in [0, 0.1) is 17.4 Å². The van der Waals surface area contributed by atoms with Crippen LogP contribution in [0.4, 0.5) is 17.1 Å². The van der Waals surface area contributed by atoms with E-state index in [4.69, 9.17) is 5.73 Å². The van der Waals surface area contributed by atoms with Crippen molar-refractivity contribution in [1.82, 2.24) is 4.98 Å². The van der Waals surface area contributed by atoms with Crippen LogP contribution in [-0.2, 0) is 0 Å². The maximum atomic E-state index is 11.7. The van der Waals surface area contributed by atoms with Crippen LogP contribution in [0.15, 0.2) is 42.5 Å². The monoisotopic (exact) mass is 330 g/mol. The Kier molecular flexibility index (Phi) is 4.23. The Morgan fingerprint density at radius 2 is 2.16 bits per heavy atom. The molecular formula is C19H16N5O. The molecule has 25 heavy (non-hydrogen) atoms. The van der Waals surface area contributed by atoms with E-state index in [2.05, 4.69) is 16.4 Å².